The largest absolute Gasteiger partial charge is 0.350 e. The summed E-state index contributed by atoms with van der Waals surface area (Å²) in [6.07, 6.45) is 0.572. The summed E-state index contributed by atoms with van der Waals surface area (Å²) < 4.78 is 0. The van der Waals surface area contributed by atoms with E-state index < -0.39 is 6.04 Å². The quantitative estimate of drug-likeness (QED) is 0.617. The number of rotatable bonds is 9. The fraction of sp³-hybridized carbons (Fsp3) is 0.440. The molecule has 30 heavy (non-hydrogen) atoms. The first kappa shape index (κ1) is 24.0. The smallest absolute Gasteiger partial charge is 0.243 e. The summed E-state index contributed by atoms with van der Waals surface area (Å²) in [5, 5.41) is 3.04. The van der Waals surface area contributed by atoms with E-state index in [-0.39, 0.29) is 17.4 Å². The van der Waals surface area contributed by atoms with Gasteiger partial charge in [-0.15, -0.1) is 11.8 Å². The minimum Gasteiger partial charge on any atom is -0.350 e. The number of carbonyl (C=O) groups is 2. The maximum atomic E-state index is 13.2. The van der Waals surface area contributed by atoms with Gasteiger partial charge in [0.25, 0.3) is 0 Å². The van der Waals surface area contributed by atoms with Crippen LogP contribution in [0.25, 0.3) is 0 Å². The number of nitrogens with zero attached hydrogens (tertiary/aromatic N) is 1. The Hall–Kier alpha value is -2.27. The Balaban J connectivity index is 2.14. The Morgan fingerprint density at radius 2 is 1.63 bits per heavy atom. The zero-order chi connectivity index (χ0) is 22.1. The molecule has 162 valence electrons. The monoisotopic (exact) mass is 426 g/mol. The molecular formula is C25H34N2O2S. The molecule has 0 saturated carbocycles. The van der Waals surface area contributed by atoms with E-state index >= 15 is 0 Å². The highest BCUT2D eigenvalue weighted by Crippen LogP contribution is 2.18. The first-order valence-corrected chi connectivity index (χ1v) is 11.6. The van der Waals surface area contributed by atoms with E-state index in [0.717, 1.165) is 11.3 Å². The number of nitrogens with one attached hydrogen (secondary N) is 1. The zero-order valence-corrected chi connectivity index (χ0v) is 19.6. The maximum absolute atomic E-state index is 13.2. The van der Waals surface area contributed by atoms with Crippen LogP contribution in [0, 0.1) is 6.92 Å². The molecule has 0 aromatic heterocycles. The fourth-order valence-corrected chi connectivity index (χ4v) is 4.05. The van der Waals surface area contributed by atoms with Crippen molar-refractivity contribution in [1.82, 2.24) is 10.2 Å². The van der Waals surface area contributed by atoms with E-state index in [4.69, 9.17) is 0 Å². The van der Waals surface area contributed by atoms with Gasteiger partial charge in [0, 0.05) is 17.8 Å². The van der Waals surface area contributed by atoms with Crippen molar-refractivity contribution in [3.05, 3.63) is 71.3 Å². The second-order valence-corrected chi connectivity index (χ2v) is 9.63. The molecule has 4 nitrogen and oxygen atoms in total. The summed E-state index contributed by atoms with van der Waals surface area (Å²) in [5.41, 5.74) is 3.06. The molecule has 5 heteroatoms. The Morgan fingerprint density at radius 3 is 2.20 bits per heavy atom. The molecule has 0 saturated heterocycles. The number of hydrogen-bond acceptors (Lipinski definition) is 3. The molecule has 2 amide bonds. The average Bonchev–Trinajstić information content (AvgIpc) is 2.68. The SMILES string of the molecule is CC[C@H](C(=O)NC(C)(C)C)N(Cc1ccc(C)cc1)C(=O)CSCc1ccccc1. The molecule has 0 heterocycles. The van der Waals surface area contributed by atoms with Gasteiger partial charge in [0.2, 0.25) is 11.8 Å². The zero-order valence-electron chi connectivity index (χ0n) is 18.8. The highest BCUT2D eigenvalue weighted by Gasteiger charge is 2.30. The van der Waals surface area contributed by atoms with Crippen molar-refractivity contribution in [2.75, 3.05) is 5.75 Å². The van der Waals surface area contributed by atoms with Gasteiger partial charge in [-0.05, 0) is 45.2 Å². The van der Waals surface area contributed by atoms with Crippen LogP contribution in [0.3, 0.4) is 0 Å². The molecule has 0 bridgehead atoms. The summed E-state index contributed by atoms with van der Waals surface area (Å²) in [7, 11) is 0. The Bertz CT molecular complexity index is 813. The standard InChI is InChI=1S/C25H34N2O2S/c1-6-22(24(29)26-25(3,4)5)27(16-20-14-12-19(2)13-15-20)23(28)18-30-17-21-10-8-7-9-11-21/h7-15,22H,6,16-18H2,1-5H3,(H,26,29)/t22-/m1/s1. The van der Waals surface area contributed by atoms with Crippen molar-refractivity contribution in [3.8, 4) is 0 Å². The van der Waals surface area contributed by atoms with E-state index in [1.54, 1.807) is 16.7 Å². The number of aryl methyl sites for hydroxylation is 1. The summed E-state index contributed by atoms with van der Waals surface area (Å²) >= 11 is 1.59. The molecule has 0 aliphatic rings. The Morgan fingerprint density at radius 1 is 1.00 bits per heavy atom. The topological polar surface area (TPSA) is 49.4 Å². The van der Waals surface area contributed by atoms with Crippen LogP contribution in [0.4, 0.5) is 0 Å². The van der Waals surface area contributed by atoms with Gasteiger partial charge in [0.05, 0.1) is 5.75 Å². The summed E-state index contributed by atoms with van der Waals surface area (Å²) in [6.45, 7) is 10.3. The van der Waals surface area contributed by atoms with E-state index in [2.05, 4.69) is 17.4 Å². The van der Waals surface area contributed by atoms with Gasteiger partial charge in [-0.3, -0.25) is 9.59 Å². The van der Waals surface area contributed by atoms with Gasteiger partial charge in [-0.25, -0.2) is 0 Å². The highest BCUT2D eigenvalue weighted by atomic mass is 32.2. The molecule has 2 aromatic rings. The van der Waals surface area contributed by atoms with Crippen LogP contribution in [0.2, 0.25) is 0 Å². The van der Waals surface area contributed by atoms with Gasteiger partial charge in [0.15, 0.2) is 0 Å². The average molecular weight is 427 g/mol. The number of carbonyl (C=O) groups excluding carboxylic acids is 2. The molecule has 2 aromatic carbocycles. The third-order valence-electron chi connectivity index (χ3n) is 4.69. The van der Waals surface area contributed by atoms with Gasteiger partial charge in [0.1, 0.15) is 6.04 Å². The van der Waals surface area contributed by atoms with Crippen LogP contribution in [-0.4, -0.2) is 34.0 Å². The number of hydrogen-bond donors (Lipinski definition) is 1. The highest BCUT2D eigenvalue weighted by molar-refractivity contribution is 7.99. The van der Waals surface area contributed by atoms with Crippen molar-refractivity contribution in [2.24, 2.45) is 0 Å². The lowest BCUT2D eigenvalue weighted by Gasteiger charge is -2.33. The lowest BCUT2D eigenvalue weighted by molar-refractivity contribution is -0.140. The fourth-order valence-electron chi connectivity index (χ4n) is 3.18. The van der Waals surface area contributed by atoms with Crippen LogP contribution in [-0.2, 0) is 21.9 Å². The van der Waals surface area contributed by atoms with Crippen LogP contribution >= 0.6 is 11.8 Å². The molecule has 0 aliphatic carbocycles. The first-order valence-electron chi connectivity index (χ1n) is 10.5. The van der Waals surface area contributed by atoms with Gasteiger partial charge in [-0.2, -0.15) is 0 Å². The number of benzene rings is 2. The predicted molar refractivity (Wildman–Crippen MR) is 126 cm³/mol. The molecule has 0 radical (unpaired) electrons. The summed E-state index contributed by atoms with van der Waals surface area (Å²) in [4.78, 5) is 27.9. The lowest BCUT2D eigenvalue weighted by Crippen LogP contribution is -2.53. The third-order valence-corrected chi connectivity index (χ3v) is 5.68. The number of thioether (sulfide) groups is 1. The third kappa shape index (κ3) is 7.86. The second-order valence-electron chi connectivity index (χ2n) is 8.65. The van der Waals surface area contributed by atoms with E-state index in [9.17, 15) is 9.59 Å². The van der Waals surface area contributed by atoms with E-state index in [0.29, 0.717) is 18.7 Å². The van der Waals surface area contributed by atoms with Crippen LogP contribution < -0.4 is 5.32 Å². The molecule has 1 atom stereocenters. The lowest BCUT2D eigenvalue weighted by atomic mass is 10.1. The van der Waals surface area contributed by atoms with Crippen LogP contribution in [0.15, 0.2) is 54.6 Å². The molecule has 1 N–H and O–H groups in total. The minimum atomic E-state index is -0.490. The molecule has 2 rings (SSSR count). The molecular weight excluding hydrogens is 392 g/mol. The van der Waals surface area contributed by atoms with E-state index in [1.807, 2.05) is 77.1 Å². The normalized spacial score (nSPS) is 12.3. The molecule has 0 unspecified atom stereocenters. The minimum absolute atomic E-state index is 0.00702. The summed E-state index contributed by atoms with van der Waals surface area (Å²) in [6, 6.07) is 17.8. The first-order chi connectivity index (χ1) is 14.2. The van der Waals surface area contributed by atoms with Gasteiger partial charge >= 0.3 is 0 Å². The predicted octanol–water partition coefficient (Wildman–Crippen LogP) is 4.95. The Labute approximate surface area is 185 Å². The van der Waals surface area contributed by atoms with Crippen LogP contribution in [0.1, 0.15) is 50.8 Å². The molecule has 0 aliphatic heterocycles. The van der Waals surface area contributed by atoms with Crippen molar-refractivity contribution >= 4 is 23.6 Å². The van der Waals surface area contributed by atoms with Crippen LogP contribution in [0.5, 0.6) is 0 Å². The maximum Gasteiger partial charge on any atom is 0.243 e. The van der Waals surface area contributed by atoms with Gasteiger partial charge in [-0.1, -0.05) is 67.1 Å². The molecule has 0 fully saturated rings. The summed E-state index contributed by atoms with van der Waals surface area (Å²) in [5.74, 6) is 1.02. The molecule has 0 spiro atoms. The number of amides is 2. The van der Waals surface area contributed by atoms with Crippen molar-refractivity contribution < 1.29 is 9.59 Å². The van der Waals surface area contributed by atoms with Gasteiger partial charge < -0.3 is 10.2 Å². The van der Waals surface area contributed by atoms with Crippen molar-refractivity contribution in [3.63, 3.8) is 0 Å². The Kier molecular flexibility index (Phi) is 8.97. The van der Waals surface area contributed by atoms with Crippen molar-refractivity contribution in [2.45, 2.75) is 64.9 Å². The van der Waals surface area contributed by atoms with Crippen molar-refractivity contribution in [1.29, 1.82) is 0 Å². The van der Waals surface area contributed by atoms with E-state index in [1.165, 1.54) is 11.1 Å². The second kappa shape index (κ2) is 11.2.